The quantitative estimate of drug-likeness (QED) is 0.786. The largest absolute Gasteiger partial charge is 0.372 e. The van der Waals surface area contributed by atoms with Crippen LogP contribution in [0.5, 0.6) is 0 Å². The van der Waals surface area contributed by atoms with Gasteiger partial charge in [-0.15, -0.1) is 0 Å². The molecule has 1 aliphatic rings. The second kappa shape index (κ2) is 8.52. The average molecular weight is 351 g/mol. The zero-order valence-corrected chi connectivity index (χ0v) is 15.1. The maximum Gasteiger partial charge on any atom is 0.233 e. The number of rotatable bonds is 6. The molecule has 2 aromatic carbocycles. The van der Waals surface area contributed by atoms with E-state index in [1.54, 1.807) is 0 Å². The van der Waals surface area contributed by atoms with E-state index in [0.717, 1.165) is 18.7 Å². The van der Waals surface area contributed by atoms with Crippen LogP contribution in [-0.2, 0) is 16.1 Å². The first-order chi connectivity index (χ1) is 12.6. The summed E-state index contributed by atoms with van der Waals surface area (Å²) in [4.78, 5) is 26.3. The van der Waals surface area contributed by atoms with Crippen molar-refractivity contribution in [3.63, 3.8) is 0 Å². The van der Waals surface area contributed by atoms with Crippen molar-refractivity contribution < 1.29 is 9.59 Å². The molecule has 1 heterocycles. The first-order valence-corrected chi connectivity index (χ1v) is 9.07. The molecule has 0 bridgehead atoms. The summed E-state index contributed by atoms with van der Waals surface area (Å²) in [7, 11) is 0. The molecule has 1 aliphatic heterocycles. The Balaban J connectivity index is 1.44. The molecule has 2 amide bonds. The molecule has 136 valence electrons. The van der Waals surface area contributed by atoms with E-state index in [0.29, 0.717) is 12.2 Å². The lowest BCUT2D eigenvalue weighted by Crippen LogP contribution is -2.27. The van der Waals surface area contributed by atoms with E-state index in [-0.39, 0.29) is 18.2 Å². The Kier molecular flexibility index (Phi) is 5.89. The molecule has 0 atom stereocenters. The number of anilines is 2. The highest BCUT2D eigenvalue weighted by molar-refractivity contribution is 6.03. The van der Waals surface area contributed by atoms with Gasteiger partial charge in [0.1, 0.15) is 6.42 Å². The van der Waals surface area contributed by atoms with Crippen molar-refractivity contribution in [2.75, 3.05) is 23.3 Å². The summed E-state index contributed by atoms with van der Waals surface area (Å²) in [6.45, 7) is 4.63. The van der Waals surface area contributed by atoms with E-state index < -0.39 is 0 Å². The topological polar surface area (TPSA) is 61.4 Å². The third-order valence-corrected chi connectivity index (χ3v) is 4.55. The second-order valence-electron chi connectivity index (χ2n) is 6.73. The molecule has 5 nitrogen and oxygen atoms in total. The van der Waals surface area contributed by atoms with Crippen molar-refractivity contribution in [3.8, 4) is 0 Å². The van der Waals surface area contributed by atoms with Gasteiger partial charge in [0.2, 0.25) is 11.8 Å². The van der Waals surface area contributed by atoms with Crippen LogP contribution in [0.3, 0.4) is 0 Å². The number of carbonyl (C=O) groups is 2. The highest BCUT2D eigenvalue weighted by Gasteiger charge is 2.13. The molecule has 1 saturated heterocycles. The summed E-state index contributed by atoms with van der Waals surface area (Å²) >= 11 is 0. The van der Waals surface area contributed by atoms with Gasteiger partial charge in [-0.3, -0.25) is 9.59 Å². The number of nitrogens with zero attached hydrogens (tertiary/aromatic N) is 1. The van der Waals surface area contributed by atoms with Gasteiger partial charge in [-0.05, 0) is 49.6 Å². The minimum absolute atomic E-state index is 0.181. The van der Waals surface area contributed by atoms with Gasteiger partial charge in [0.15, 0.2) is 0 Å². The van der Waals surface area contributed by atoms with Crippen molar-refractivity contribution in [1.29, 1.82) is 0 Å². The van der Waals surface area contributed by atoms with Gasteiger partial charge in [0, 0.05) is 31.0 Å². The molecule has 1 fully saturated rings. The minimum Gasteiger partial charge on any atom is -0.372 e. The van der Waals surface area contributed by atoms with Crippen LogP contribution in [0.25, 0.3) is 0 Å². The number of carbonyl (C=O) groups excluding carboxylic acids is 2. The standard InChI is InChI=1S/C21H25N3O2/c1-16-4-6-17(7-5-16)15-22-20(25)14-21(26)23-18-8-10-19(11-9-18)24-12-2-3-13-24/h4-11H,2-3,12-15H2,1H3,(H,22,25)(H,23,26). The van der Waals surface area contributed by atoms with E-state index in [9.17, 15) is 9.59 Å². The number of hydrogen-bond acceptors (Lipinski definition) is 3. The Morgan fingerprint density at radius 1 is 0.923 bits per heavy atom. The van der Waals surface area contributed by atoms with Gasteiger partial charge >= 0.3 is 0 Å². The van der Waals surface area contributed by atoms with E-state index >= 15 is 0 Å². The average Bonchev–Trinajstić information content (AvgIpc) is 3.16. The van der Waals surface area contributed by atoms with Crippen LogP contribution in [0.15, 0.2) is 48.5 Å². The van der Waals surface area contributed by atoms with Gasteiger partial charge in [0.25, 0.3) is 0 Å². The number of benzene rings is 2. The van der Waals surface area contributed by atoms with Gasteiger partial charge in [-0.1, -0.05) is 29.8 Å². The summed E-state index contributed by atoms with van der Waals surface area (Å²) in [5.74, 6) is -0.586. The highest BCUT2D eigenvalue weighted by atomic mass is 16.2. The molecule has 0 aromatic heterocycles. The zero-order chi connectivity index (χ0) is 18.4. The van der Waals surface area contributed by atoms with Crippen LogP contribution in [0.1, 0.15) is 30.4 Å². The van der Waals surface area contributed by atoms with Gasteiger partial charge in [-0.2, -0.15) is 0 Å². The monoisotopic (exact) mass is 351 g/mol. The third kappa shape index (κ3) is 5.09. The first kappa shape index (κ1) is 18.0. The SMILES string of the molecule is Cc1ccc(CNC(=O)CC(=O)Nc2ccc(N3CCCC3)cc2)cc1. The van der Waals surface area contributed by atoms with Crippen molar-refractivity contribution >= 4 is 23.2 Å². The fraction of sp³-hybridized carbons (Fsp3) is 0.333. The molecular weight excluding hydrogens is 326 g/mol. The molecule has 5 heteroatoms. The summed E-state index contributed by atoms with van der Waals surface area (Å²) in [5, 5.41) is 5.55. The number of nitrogens with one attached hydrogen (secondary N) is 2. The van der Waals surface area contributed by atoms with Crippen molar-refractivity contribution in [3.05, 3.63) is 59.7 Å². The summed E-state index contributed by atoms with van der Waals surface area (Å²) in [5.41, 5.74) is 4.08. The maximum absolute atomic E-state index is 12.0. The number of aryl methyl sites for hydroxylation is 1. The van der Waals surface area contributed by atoms with E-state index in [1.807, 2.05) is 55.5 Å². The van der Waals surface area contributed by atoms with Crippen LogP contribution < -0.4 is 15.5 Å². The van der Waals surface area contributed by atoms with Crippen LogP contribution in [-0.4, -0.2) is 24.9 Å². The van der Waals surface area contributed by atoms with Crippen LogP contribution >= 0.6 is 0 Å². The lowest BCUT2D eigenvalue weighted by Gasteiger charge is -2.17. The van der Waals surface area contributed by atoms with Gasteiger partial charge in [0.05, 0.1) is 0 Å². The Labute approximate surface area is 154 Å². The van der Waals surface area contributed by atoms with E-state index in [4.69, 9.17) is 0 Å². The predicted octanol–water partition coefficient (Wildman–Crippen LogP) is 3.24. The smallest absolute Gasteiger partial charge is 0.233 e. The summed E-state index contributed by atoms with van der Waals surface area (Å²) in [6.07, 6.45) is 2.28. The van der Waals surface area contributed by atoms with Crippen molar-refractivity contribution in [1.82, 2.24) is 5.32 Å². The molecule has 3 rings (SSSR count). The minimum atomic E-state index is -0.305. The summed E-state index contributed by atoms with van der Waals surface area (Å²) in [6, 6.07) is 15.7. The molecule has 2 N–H and O–H groups in total. The molecule has 0 aliphatic carbocycles. The molecular formula is C21H25N3O2. The molecule has 26 heavy (non-hydrogen) atoms. The van der Waals surface area contributed by atoms with Crippen LogP contribution in [0.2, 0.25) is 0 Å². The first-order valence-electron chi connectivity index (χ1n) is 9.07. The Morgan fingerprint density at radius 2 is 1.58 bits per heavy atom. The maximum atomic E-state index is 12.0. The van der Waals surface area contributed by atoms with Gasteiger partial charge < -0.3 is 15.5 Å². The van der Waals surface area contributed by atoms with Gasteiger partial charge in [-0.25, -0.2) is 0 Å². The fourth-order valence-corrected chi connectivity index (χ4v) is 3.05. The van der Waals surface area contributed by atoms with Crippen LogP contribution in [0.4, 0.5) is 11.4 Å². The van der Waals surface area contributed by atoms with Crippen molar-refractivity contribution in [2.24, 2.45) is 0 Å². The Hall–Kier alpha value is -2.82. The Morgan fingerprint density at radius 3 is 2.23 bits per heavy atom. The van der Waals surface area contributed by atoms with Crippen molar-refractivity contribution in [2.45, 2.75) is 32.7 Å². The second-order valence-corrected chi connectivity index (χ2v) is 6.73. The molecule has 0 saturated carbocycles. The fourth-order valence-electron chi connectivity index (χ4n) is 3.05. The lowest BCUT2D eigenvalue weighted by atomic mass is 10.1. The molecule has 2 aromatic rings. The zero-order valence-electron chi connectivity index (χ0n) is 15.1. The molecule has 0 radical (unpaired) electrons. The molecule has 0 unspecified atom stereocenters. The van der Waals surface area contributed by atoms with E-state index in [1.165, 1.54) is 24.1 Å². The predicted molar refractivity (Wildman–Crippen MR) is 104 cm³/mol. The van der Waals surface area contributed by atoms with E-state index in [2.05, 4.69) is 15.5 Å². The number of amides is 2. The highest BCUT2D eigenvalue weighted by Crippen LogP contribution is 2.22. The van der Waals surface area contributed by atoms with Crippen LogP contribution in [0, 0.1) is 6.92 Å². The summed E-state index contributed by atoms with van der Waals surface area (Å²) < 4.78 is 0. The normalized spacial score (nSPS) is 13.5. The Bertz CT molecular complexity index is 748. The number of hydrogen-bond donors (Lipinski definition) is 2. The molecule has 0 spiro atoms. The third-order valence-electron chi connectivity index (χ3n) is 4.55. The lowest BCUT2D eigenvalue weighted by molar-refractivity contribution is -0.126.